The van der Waals surface area contributed by atoms with Crippen molar-refractivity contribution in [2.45, 2.75) is 32.8 Å². The summed E-state index contributed by atoms with van der Waals surface area (Å²) in [4.78, 5) is 4.06. The van der Waals surface area contributed by atoms with Gasteiger partial charge in [-0.1, -0.05) is 13.8 Å². The first kappa shape index (κ1) is 12.0. The molecule has 0 fully saturated rings. The fraction of sp³-hybridized carbons (Fsp3) is 0.583. The van der Waals surface area contributed by atoms with Gasteiger partial charge in [-0.25, -0.2) is 4.98 Å². The molecule has 15 heavy (non-hydrogen) atoms. The van der Waals surface area contributed by atoms with Crippen molar-refractivity contribution in [1.29, 1.82) is 0 Å². The Morgan fingerprint density at radius 2 is 2.00 bits per heavy atom. The van der Waals surface area contributed by atoms with E-state index in [4.69, 9.17) is 4.74 Å². The number of aliphatic hydroxyl groups excluding tert-OH is 1. The van der Waals surface area contributed by atoms with Crippen molar-refractivity contribution in [3.05, 3.63) is 23.9 Å². The highest BCUT2D eigenvalue weighted by Crippen LogP contribution is 2.29. The van der Waals surface area contributed by atoms with E-state index in [1.807, 2.05) is 19.1 Å². The summed E-state index contributed by atoms with van der Waals surface area (Å²) in [7, 11) is 1.60. The number of pyridine rings is 1. The van der Waals surface area contributed by atoms with Crippen LogP contribution in [0.25, 0.3) is 0 Å². The topological polar surface area (TPSA) is 42.4 Å². The fourth-order valence-electron chi connectivity index (χ4n) is 1.96. The van der Waals surface area contributed by atoms with E-state index in [0.29, 0.717) is 11.8 Å². The minimum atomic E-state index is -0.364. The molecule has 0 amide bonds. The smallest absolute Gasteiger partial charge is 0.213 e. The van der Waals surface area contributed by atoms with Gasteiger partial charge in [-0.15, -0.1) is 0 Å². The maximum Gasteiger partial charge on any atom is 0.213 e. The molecule has 0 spiro atoms. The van der Waals surface area contributed by atoms with E-state index in [1.54, 1.807) is 13.3 Å². The van der Waals surface area contributed by atoms with Crippen molar-refractivity contribution in [2.24, 2.45) is 5.92 Å². The van der Waals surface area contributed by atoms with Gasteiger partial charge in [-0.05, 0) is 24.5 Å². The Morgan fingerprint density at radius 3 is 2.47 bits per heavy atom. The van der Waals surface area contributed by atoms with E-state index in [0.717, 1.165) is 5.56 Å². The first-order valence-corrected chi connectivity index (χ1v) is 5.24. The zero-order chi connectivity index (χ0) is 11.4. The molecule has 0 aliphatic rings. The minimum Gasteiger partial charge on any atom is -0.481 e. The van der Waals surface area contributed by atoms with Gasteiger partial charge in [0.05, 0.1) is 13.2 Å². The molecule has 1 heterocycles. The summed E-state index contributed by atoms with van der Waals surface area (Å²) in [5, 5.41) is 9.74. The summed E-state index contributed by atoms with van der Waals surface area (Å²) in [6.45, 7) is 6.02. The lowest BCUT2D eigenvalue weighted by atomic mass is 9.85. The Labute approximate surface area is 91.1 Å². The lowest BCUT2D eigenvalue weighted by Crippen LogP contribution is -2.20. The molecular formula is C12H19NO2. The molecular weight excluding hydrogens is 190 g/mol. The van der Waals surface area contributed by atoms with Gasteiger partial charge in [-0.3, -0.25) is 0 Å². The molecule has 2 unspecified atom stereocenters. The molecule has 0 saturated heterocycles. The second kappa shape index (κ2) is 5.12. The number of nitrogens with zero attached hydrogens (tertiary/aromatic N) is 1. The third-order valence-electron chi connectivity index (χ3n) is 2.59. The average molecular weight is 209 g/mol. The highest BCUT2D eigenvalue weighted by atomic mass is 16.5. The normalized spacial score (nSPS) is 15.1. The lowest BCUT2D eigenvalue weighted by molar-refractivity contribution is 0.140. The Balaban J connectivity index is 3.00. The Bertz CT molecular complexity index is 302. The number of hydrogen-bond donors (Lipinski definition) is 1. The molecule has 3 heteroatoms. The molecule has 0 bridgehead atoms. The van der Waals surface area contributed by atoms with Crippen LogP contribution in [0.3, 0.4) is 0 Å². The van der Waals surface area contributed by atoms with Crippen LogP contribution >= 0.6 is 0 Å². The molecule has 0 saturated carbocycles. The molecule has 3 nitrogen and oxygen atoms in total. The number of ether oxygens (including phenoxy) is 1. The molecule has 1 aromatic rings. The van der Waals surface area contributed by atoms with Crippen LogP contribution in [0.15, 0.2) is 18.3 Å². The van der Waals surface area contributed by atoms with E-state index >= 15 is 0 Å². The van der Waals surface area contributed by atoms with Crippen LogP contribution in [-0.2, 0) is 0 Å². The summed E-state index contributed by atoms with van der Waals surface area (Å²) in [6, 6.07) is 3.82. The van der Waals surface area contributed by atoms with E-state index < -0.39 is 0 Å². The van der Waals surface area contributed by atoms with Crippen molar-refractivity contribution < 1.29 is 9.84 Å². The van der Waals surface area contributed by atoms with E-state index in [1.165, 1.54) is 0 Å². The second-order valence-electron chi connectivity index (χ2n) is 4.14. The van der Waals surface area contributed by atoms with Gasteiger partial charge >= 0.3 is 0 Å². The number of aromatic nitrogens is 1. The number of rotatable bonds is 4. The second-order valence-corrected chi connectivity index (χ2v) is 4.14. The van der Waals surface area contributed by atoms with E-state index in [2.05, 4.69) is 18.8 Å². The third-order valence-corrected chi connectivity index (χ3v) is 2.59. The molecule has 1 N–H and O–H groups in total. The standard InChI is InChI=1S/C12H19NO2/c1-8(2)12(9(3)14)10-5-6-13-11(7-10)15-4/h5-9,12,14H,1-4H3. The first-order valence-electron chi connectivity index (χ1n) is 5.24. The average Bonchev–Trinajstić information content (AvgIpc) is 2.17. The Kier molecular flexibility index (Phi) is 4.09. The van der Waals surface area contributed by atoms with Crippen LogP contribution in [-0.4, -0.2) is 23.3 Å². The highest BCUT2D eigenvalue weighted by molar-refractivity contribution is 5.25. The number of aliphatic hydroxyl groups is 1. The molecule has 0 aliphatic carbocycles. The predicted octanol–water partition coefficient (Wildman–Crippen LogP) is 2.21. The molecule has 1 aromatic heterocycles. The summed E-state index contributed by atoms with van der Waals surface area (Å²) >= 11 is 0. The number of hydrogen-bond acceptors (Lipinski definition) is 3. The first-order chi connectivity index (χ1) is 7.06. The van der Waals surface area contributed by atoms with Crippen LogP contribution in [0.5, 0.6) is 5.88 Å². The molecule has 0 aromatic carbocycles. The van der Waals surface area contributed by atoms with Crippen LogP contribution < -0.4 is 4.74 Å². The number of methoxy groups -OCH3 is 1. The van der Waals surface area contributed by atoms with E-state index in [9.17, 15) is 5.11 Å². The summed E-state index contributed by atoms with van der Waals surface area (Å²) in [5.74, 6) is 1.11. The van der Waals surface area contributed by atoms with E-state index in [-0.39, 0.29) is 12.0 Å². The molecule has 84 valence electrons. The lowest BCUT2D eigenvalue weighted by Gasteiger charge is -2.24. The summed E-state index contributed by atoms with van der Waals surface area (Å²) in [6.07, 6.45) is 1.35. The summed E-state index contributed by atoms with van der Waals surface area (Å²) in [5.41, 5.74) is 1.08. The van der Waals surface area contributed by atoms with Crippen molar-refractivity contribution in [3.63, 3.8) is 0 Å². The zero-order valence-electron chi connectivity index (χ0n) is 9.77. The molecule has 2 atom stereocenters. The van der Waals surface area contributed by atoms with Crippen LogP contribution in [0.2, 0.25) is 0 Å². The van der Waals surface area contributed by atoms with Crippen molar-refractivity contribution >= 4 is 0 Å². The van der Waals surface area contributed by atoms with Crippen molar-refractivity contribution in [2.75, 3.05) is 7.11 Å². The molecule has 0 radical (unpaired) electrons. The SMILES string of the molecule is COc1cc(C(C(C)C)C(C)O)ccn1. The largest absolute Gasteiger partial charge is 0.481 e. The highest BCUT2D eigenvalue weighted by Gasteiger charge is 2.21. The van der Waals surface area contributed by atoms with Gasteiger partial charge in [-0.2, -0.15) is 0 Å². The monoisotopic (exact) mass is 209 g/mol. The van der Waals surface area contributed by atoms with Gasteiger partial charge in [0.1, 0.15) is 0 Å². The van der Waals surface area contributed by atoms with Gasteiger partial charge in [0, 0.05) is 18.2 Å². The summed E-state index contributed by atoms with van der Waals surface area (Å²) < 4.78 is 5.07. The van der Waals surface area contributed by atoms with Gasteiger partial charge in [0.25, 0.3) is 0 Å². The quantitative estimate of drug-likeness (QED) is 0.826. The molecule has 0 aliphatic heterocycles. The fourth-order valence-corrected chi connectivity index (χ4v) is 1.96. The minimum absolute atomic E-state index is 0.127. The predicted molar refractivity (Wildman–Crippen MR) is 60.0 cm³/mol. The van der Waals surface area contributed by atoms with Gasteiger partial charge < -0.3 is 9.84 Å². The maximum absolute atomic E-state index is 9.74. The molecule has 1 rings (SSSR count). The Hall–Kier alpha value is -1.09. The van der Waals surface area contributed by atoms with Crippen LogP contribution in [0.1, 0.15) is 32.3 Å². The maximum atomic E-state index is 9.74. The van der Waals surface area contributed by atoms with Crippen molar-refractivity contribution in [1.82, 2.24) is 4.98 Å². The van der Waals surface area contributed by atoms with Crippen molar-refractivity contribution in [3.8, 4) is 5.88 Å². The zero-order valence-corrected chi connectivity index (χ0v) is 9.77. The van der Waals surface area contributed by atoms with Crippen LogP contribution in [0.4, 0.5) is 0 Å². The van der Waals surface area contributed by atoms with Crippen LogP contribution in [0, 0.1) is 5.92 Å². The third kappa shape index (κ3) is 2.93. The van der Waals surface area contributed by atoms with Gasteiger partial charge in [0.15, 0.2) is 0 Å². The van der Waals surface area contributed by atoms with Gasteiger partial charge in [0.2, 0.25) is 5.88 Å². The Morgan fingerprint density at radius 1 is 1.33 bits per heavy atom.